The van der Waals surface area contributed by atoms with Crippen molar-refractivity contribution in [2.24, 2.45) is 0 Å². The first-order chi connectivity index (χ1) is 10.5. The van der Waals surface area contributed by atoms with Crippen LogP contribution in [0.2, 0.25) is 0 Å². The molecule has 0 fully saturated rings. The number of nitrogens with one attached hydrogen (secondary N) is 2. The highest BCUT2D eigenvalue weighted by Gasteiger charge is 2.11. The Morgan fingerprint density at radius 3 is 2.18 bits per heavy atom. The largest absolute Gasteiger partial charge is 0.383 e. The first-order valence-electron chi connectivity index (χ1n) is 7.36. The summed E-state index contributed by atoms with van der Waals surface area (Å²) in [6, 6.07) is 8.29. The van der Waals surface area contributed by atoms with Gasteiger partial charge in [-0.15, -0.1) is 0 Å². The molecule has 0 saturated carbocycles. The van der Waals surface area contributed by atoms with E-state index in [2.05, 4.69) is 34.9 Å². The first-order valence-corrected chi connectivity index (χ1v) is 7.36. The van der Waals surface area contributed by atoms with Crippen molar-refractivity contribution in [2.75, 3.05) is 45.8 Å². The van der Waals surface area contributed by atoms with E-state index in [0.29, 0.717) is 19.7 Å². The molecule has 0 heterocycles. The van der Waals surface area contributed by atoms with Gasteiger partial charge in [-0.2, -0.15) is 0 Å². The normalized spacial score (nSPS) is 10.1. The van der Waals surface area contributed by atoms with E-state index in [1.165, 1.54) is 12.7 Å². The van der Waals surface area contributed by atoms with Crippen LogP contribution in [0, 0.1) is 0 Å². The number of carbonyl (C=O) groups excluding carboxylic acids is 2. The zero-order chi connectivity index (χ0) is 16.4. The predicted molar refractivity (Wildman–Crippen MR) is 87.0 cm³/mol. The first kappa shape index (κ1) is 18.0. The Bertz CT molecular complexity index is 472. The highest BCUT2D eigenvalue weighted by Crippen LogP contribution is 2.13. The molecule has 1 aromatic rings. The van der Waals surface area contributed by atoms with Gasteiger partial charge < -0.3 is 20.3 Å². The fourth-order valence-electron chi connectivity index (χ4n) is 1.88. The van der Waals surface area contributed by atoms with Crippen molar-refractivity contribution in [1.29, 1.82) is 0 Å². The van der Waals surface area contributed by atoms with Crippen LogP contribution in [-0.2, 0) is 20.7 Å². The number of aryl methyl sites for hydroxylation is 1. The summed E-state index contributed by atoms with van der Waals surface area (Å²) in [7, 11) is 5.54. The van der Waals surface area contributed by atoms with Crippen LogP contribution in [-0.4, -0.2) is 52.7 Å². The van der Waals surface area contributed by atoms with Crippen LogP contribution >= 0.6 is 0 Å². The van der Waals surface area contributed by atoms with Crippen LogP contribution in [0.3, 0.4) is 0 Å². The van der Waals surface area contributed by atoms with E-state index in [9.17, 15) is 9.59 Å². The molecule has 0 aromatic heterocycles. The number of amides is 2. The van der Waals surface area contributed by atoms with Crippen LogP contribution in [0.15, 0.2) is 24.3 Å². The molecule has 6 nitrogen and oxygen atoms in total. The van der Waals surface area contributed by atoms with Gasteiger partial charge in [0.2, 0.25) is 0 Å². The van der Waals surface area contributed by atoms with Crippen molar-refractivity contribution in [3.8, 4) is 0 Å². The summed E-state index contributed by atoms with van der Waals surface area (Å²) in [6.07, 6.45) is 1.65. The predicted octanol–water partition coefficient (Wildman–Crippen LogP) is 0.564. The average molecular weight is 307 g/mol. The number of anilines is 1. The number of ether oxygens (including phenoxy) is 1. The summed E-state index contributed by atoms with van der Waals surface area (Å²) in [5.74, 6) is -1.22. The lowest BCUT2D eigenvalue weighted by Crippen LogP contribution is -2.41. The van der Waals surface area contributed by atoms with Crippen molar-refractivity contribution < 1.29 is 14.3 Å². The summed E-state index contributed by atoms with van der Waals surface area (Å²) < 4.78 is 4.79. The van der Waals surface area contributed by atoms with Crippen molar-refractivity contribution >= 4 is 17.5 Å². The van der Waals surface area contributed by atoms with E-state index in [0.717, 1.165) is 18.5 Å². The number of methoxy groups -OCH3 is 1. The molecule has 0 aliphatic carbocycles. The quantitative estimate of drug-likeness (QED) is 0.544. The second kappa shape index (κ2) is 9.78. The Balaban J connectivity index is 2.21. The molecular weight excluding hydrogens is 282 g/mol. The Labute approximate surface area is 131 Å². The number of hydrogen-bond donors (Lipinski definition) is 2. The molecule has 2 amide bonds. The monoisotopic (exact) mass is 307 g/mol. The van der Waals surface area contributed by atoms with Crippen molar-refractivity contribution in [3.63, 3.8) is 0 Å². The number of benzene rings is 1. The third kappa shape index (κ3) is 6.58. The molecule has 6 heteroatoms. The van der Waals surface area contributed by atoms with Crippen molar-refractivity contribution in [3.05, 3.63) is 29.8 Å². The zero-order valence-corrected chi connectivity index (χ0v) is 13.5. The number of hydrogen-bond acceptors (Lipinski definition) is 4. The third-order valence-corrected chi connectivity index (χ3v) is 3.18. The van der Waals surface area contributed by atoms with Crippen molar-refractivity contribution in [2.45, 2.75) is 12.8 Å². The maximum atomic E-state index is 11.5. The minimum absolute atomic E-state index is 0.334. The Morgan fingerprint density at radius 1 is 1.05 bits per heavy atom. The fourth-order valence-corrected chi connectivity index (χ4v) is 1.88. The van der Waals surface area contributed by atoms with Gasteiger partial charge in [-0.25, -0.2) is 0 Å². The Morgan fingerprint density at radius 2 is 1.64 bits per heavy atom. The summed E-state index contributed by atoms with van der Waals surface area (Å²) in [4.78, 5) is 24.9. The molecule has 1 rings (SSSR count). The molecule has 0 atom stereocenters. The van der Waals surface area contributed by atoms with E-state index in [-0.39, 0.29) is 0 Å². The topological polar surface area (TPSA) is 70.7 Å². The number of rotatable bonds is 8. The molecule has 2 N–H and O–H groups in total. The smallest absolute Gasteiger partial charge is 0.309 e. The Hall–Kier alpha value is -2.08. The van der Waals surface area contributed by atoms with Gasteiger partial charge in [0.15, 0.2) is 0 Å². The molecule has 122 valence electrons. The lowest BCUT2D eigenvalue weighted by atomic mass is 10.1. The van der Waals surface area contributed by atoms with Gasteiger partial charge >= 0.3 is 11.8 Å². The lowest BCUT2D eigenvalue weighted by molar-refractivity contribution is -0.139. The molecule has 0 aliphatic heterocycles. The standard InChI is InChI=1S/C16H25N3O3/c1-19(2)14-8-6-13(7-9-14)5-4-10-17-15(20)16(21)18-11-12-22-3/h6-9H,4-5,10-12H2,1-3H3,(H,17,20)(H,18,21). The second-order valence-corrected chi connectivity index (χ2v) is 5.17. The molecule has 22 heavy (non-hydrogen) atoms. The molecule has 0 aliphatic rings. The van der Waals surface area contributed by atoms with E-state index >= 15 is 0 Å². The van der Waals surface area contributed by atoms with Gasteiger partial charge in [0.25, 0.3) is 0 Å². The van der Waals surface area contributed by atoms with E-state index in [1.807, 2.05) is 19.0 Å². The molecule has 0 spiro atoms. The minimum Gasteiger partial charge on any atom is -0.383 e. The molecule has 0 saturated heterocycles. The molecule has 0 radical (unpaired) electrons. The van der Waals surface area contributed by atoms with Gasteiger partial charge in [-0.05, 0) is 30.5 Å². The molecule has 1 aromatic carbocycles. The fraction of sp³-hybridized carbons (Fsp3) is 0.500. The Kier molecular flexibility index (Phi) is 7.99. The van der Waals surface area contributed by atoms with Crippen LogP contribution in [0.25, 0.3) is 0 Å². The number of nitrogens with zero attached hydrogens (tertiary/aromatic N) is 1. The zero-order valence-electron chi connectivity index (χ0n) is 13.5. The van der Waals surface area contributed by atoms with Crippen LogP contribution in [0.4, 0.5) is 5.69 Å². The maximum absolute atomic E-state index is 11.5. The average Bonchev–Trinajstić information content (AvgIpc) is 2.51. The van der Waals surface area contributed by atoms with E-state index < -0.39 is 11.8 Å². The van der Waals surface area contributed by atoms with Gasteiger partial charge in [-0.1, -0.05) is 12.1 Å². The summed E-state index contributed by atoms with van der Waals surface area (Å²) in [5, 5.41) is 5.09. The van der Waals surface area contributed by atoms with Gasteiger partial charge in [0, 0.05) is 40.0 Å². The molecular formula is C16H25N3O3. The lowest BCUT2D eigenvalue weighted by Gasteiger charge is -2.12. The summed E-state index contributed by atoms with van der Waals surface area (Å²) in [6.45, 7) is 1.20. The van der Waals surface area contributed by atoms with Gasteiger partial charge in [0.1, 0.15) is 0 Å². The highest BCUT2D eigenvalue weighted by atomic mass is 16.5. The highest BCUT2D eigenvalue weighted by molar-refractivity contribution is 6.35. The molecule has 0 unspecified atom stereocenters. The SMILES string of the molecule is COCCNC(=O)C(=O)NCCCc1ccc(N(C)C)cc1. The van der Waals surface area contributed by atoms with E-state index in [4.69, 9.17) is 4.74 Å². The molecule has 0 bridgehead atoms. The second-order valence-electron chi connectivity index (χ2n) is 5.17. The van der Waals surface area contributed by atoms with Gasteiger partial charge in [0.05, 0.1) is 6.61 Å². The van der Waals surface area contributed by atoms with Crippen LogP contribution < -0.4 is 15.5 Å². The van der Waals surface area contributed by atoms with E-state index in [1.54, 1.807) is 0 Å². The van der Waals surface area contributed by atoms with Crippen LogP contribution in [0.1, 0.15) is 12.0 Å². The maximum Gasteiger partial charge on any atom is 0.309 e. The summed E-state index contributed by atoms with van der Waals surface area (Å²) >= 11 is 0. The number of carbonyl (C=O) groups is 2. The summed E-state index contributed by atoms with van der Waals surface area (Å²) in [5.41, 5.74) is 2.37. The van der Waals surface area contributed by atoms with Gasteiger partial charge in [-0.3, -0.25) is 9.59 Å². The van der Waals surface area contributed by atoms with Crippen LogP contribution in [0.5, 0.6) is 0 Å². The third-order valence-electron chi connectivity index (χ3n) is 3.18. The van der Waals surface area contributed by atoms with Crippen molar-refractivity contribution in [1.82, 2.24) is 10.6 Å². The minimum atomic E-state index is -0.618.